The molecular formula is C24H35N5O2S. The summed E-state index contributed by atoms with van der Waals surface area (Å²) in [6.45, 7) is 8.29. The number of nitrogens with one attached hydrogen (secondary N) is 2. The van der Waals surface area contributed by atoms with Gasteiger partial charge in [0.05, 0.1) is 11.8 Å². The number of carbonyl (C=O) groups is 2. The van der Waals surface area contributed by atoms with Gasteiger partial charge in [-0.2, -0.15) is 0 Å². The van der Waals surface area contributed by atoms with Crippen LogP contribution in [0.1, 0.15) is 74.2 Å². The molecule has 0 saturated heterocycles. The molecule has 2 aromatic rings. The summed E-state index contributed by atoms with van der Waals surface area (Å²) < 4.78 is 1.88. The molecule has 3 rings (SSSR count). The van der Waals surface area contributed by atoms with E-state index >= 15 is 0 Å². The fourth-order valence-electron chi connectivity index (χ4n) is 4.09. The molecule has 2 N–H and O–H groups in total. The predicted octanol–water partition coefficient (Wildman–Crippen LogP) is 4.04. The van der Waals surface area contributed by atoms with E-state index in [1.165, 1.54) is 31.0 Å². The summed E-state index contributed by atoms with van der Waals surface area (Å²) in [5.41, 5.74) is 1.73. The Morgan fingerprint density at radius 1 is 1.16 bits per heavy atom. The van der Waals surface area contributed by atoms with Crippen LogP contribution in [0.3, 0.4) is 0 Å². The van der Waals surface area contributed by atoms with Crippen LogP contribution < -0.4 is 10.6 Å². The highest BCUT2D eigenvalue weighted by molar-refractivity contribution is 7.99. The molecule has 8 heteroatoms. The largest absolute Gasteiger partial charge is 0.352 e. The maximum Gasteiger partial charge on any atom is 0.251 e. The smallest absolute Gasteiger partial charge is 0.251 e. The molecule has 0 unspecified atom stereocenters. The van der Waals surface area contributed by atoms with Gasteiger partial charge in [-0.3, -0.25) is 9.59 Å². The molecule has 1 heterocycles. The van der Waals surface area contributed by atoms with Gasteiger partial charge in [0.15, 0.2) is 11.0 Å². The van der Waals surface area contributed by atoms with Crippen LogP contribution in [0, 0.1) is 18.8 Å². The van der Waals surface area contributed by atoms with Gasteiger partial charge in [0, 0.05) is 18.7 Å². The summed E-state index contributed by atoms with van der Waals surface area (Å²) in [5, 5.41) is 15.6. The van der Waals surface area contributed by atoms with Gasteiger partial charge >= 0.3 is 0 Å². The maximum atomic E-state index is 12.8. The summed E-state index contributed by atoms with van der Waals surface area (Å²) in [6, 6.07) is 7.49. The SMILES string of the molecule is Cc1ccc(C(=O)N[C@H](c2nnc(SCC(=O)N[C@@H]3CCCC[C@H]3C)n2C)C(C)C)cc1. The van der Waals surface area contributed by atoms with Crippen LogP contribution in [0.15, 0.2) is 29.4 Å². The van der Waals surface area contributed by atoms with Gasteiger partial charge in [-0.15, -0.1) is 10.2 Å². The molecule has 1 aromatic heterocycles. The van der Waals surface area contributed by atoms with Gasteiger partial charge in [-0.25, -0.2) is 0 Å². The number of aromatic nitrogens is 3. The monoisotopic (exact) mass is 457 g/mol. The third-order valence-corrected chi connectivity index (χ3v) is 7.22. The van der Waals surface area contributed by atoms with Crippen molar-refractivity contribution in [2.24, 2.45) is 18.9 Å². The van der Waals surface area contributed by atoms with E-state index in [-0.39, 0.29) is 29.8 Å². The molecule has 0 radical (unpaired) electrons. The highest BCUT2D eigenvalue weighted by atomic mass is 32.2. The number of thioether (sulfide) groups is 1. The Bertz CT molecular complexity index is 925. The predicted molar refractivity (Wildman–Crippen MR) is 128 cm³/mol. The maximum absolute atomic E-state index is 12.8. The molecule has 3 atom stereocenters. The summed E-state index contributed by atoms with van der Waals surface area (Å²) >= 11 is 1.38. The molecule has 1 fully saturated rings. The third-order valence-electron chi connectivity index (χ3n) is 6.20. The Hall–Kier alpha value is -2.35. The number of aryl methyl sites for hydroxylation is 1. The average molecular weight is 458 g/mol. The molecule has 0 aliphatic heterocycles. The second-order valence-corrected chi connectivity index (χ2v) is 10.1. The van der Waals surface area contributed by atoms with E-state index < -0.39 is 0 Å². The Labute approximate surface area is 195 Å². The van der Waals surface area contributed by atoms with Crippen molar-refractivity contribution in [3.63, 3.8) is 0 Å². The molecule has 1 aliphatic rings. The van der Waals surface area contributed by atoms with Crippen molar-refractivity contribution in [1.29, 1.82) is 0 Å². The van der Waals surface area contributed by atoms with Crippen molar-refractivity contribution in [2.45, 2.75) is 70.6 Å². The van der Waals surface area contributed by atoms with Crippen LogP contribution in [0.5, 0.6) is 0 Å². The number of rotatable bonds is 8. The number of carbonyl (C=O) groups excluding carboxylic acids is 2. The quantitative estimate of drug-likeness (QED) is 0.584. The van der Waals surface area contributed by atoms with Gasteiger partial charge < -0.3 is 15.2 Å². The van der Waals surface area contributed by atoms with Crippen LogP contribution in [0.4, 0.5) is 0 Å². The lowest BCUT2D eigenvalue weighted by atomic mass is 9.86. The molecule has 1 saturated carbocycles. The first kappa shape index (κ1) is 24.3. The minimum atomic E-state index is -0.285. The van der Waals surface area contributed by atoms with Crippen molar-refractivity contribution in [3.05, 3.63) is 41.2 Å². The number of hydrogen-bond donors (Lipinski definition) is 2. The second-order valence-electron chi connectivity index (χ2n) is 9.19. The molecule has 32 heavy (non-hydrogen) atoms. The highest BCUT2D eigenvalue weighted by Gasteiger charge is 2.26. The van der Waals surface area contributed by atoms with Crippen LogP contribution in [0.25, 0.3) is 0 Å². The van der Waals surface area contributed by atoms with E-state index in [1.807, 2.05) is 56.7 Å². The molecule has 2 amide bonds. The number of nitrogens with zero attached hydrogens (tertiary/aromatic N) is 3. The van der Waals surface area contributed by atoms with Crippen LogP contribution >= 0.6 is 11.8 Å². The number of hydrogen-bond acceptors (Lipinski definition) is 5. The fraction of sp³-hybridized carbons (Fsp3) is 0.583. The number of amides is 2. The fourth-order valence-corrected chi connectivity index (χ4v) is 4.82. The van der Waals surface area contributed by atoms with Crippen LogP contribution in [-0.2, 0) is 11.8 Å². The first-order valence-electron chi connectivity index (χ1n) is 11.4. The van der Waals surface area contributed by atoms with Crippen molar-refractivity contribution in [2.75, 3.05) is 5.75 Å². The van der Waals surface area contributed by atoms with E-state index in [0.717, 1.165) is 12.0 Å². The van der Waals surface area contributed by atoms with E-state index in [0.29, 0.717) is 28.2 Å². The van der Waals surface area contributed by atoms with Gasteiger partial charge in [0.1, 0.15) is 0 Å². The standard InChI is InChI=1S/C24H35N5O2S/c1-15(2)21(26-23(31)18-12-10-16(3)11-13-18)22-27-28-24(29(22)5)32-14-20(30)25-19-9-7-6-8-17(19)4/h10-13,15,17,19,21H,6-9,14H2,1-5H3,(H,25,30)(H,26,31)/t17-,19-,21+/m1/s1. The van der Waals surface area contributed by atoms with E-state index in [4.69, 9.17) is 0 Å². The van der Waals surface area contributed by atoms with Crippen molar-refractivity contribution < 1.29 is 9.59 Å². The Morgan fingerprint density at radius 2 is 1.84 bits per heavy atom. The van der Waals surface area contributed by atoms with Gasteiger partial charge in [-0.1, -0.05) is 63.1 Å². The lowest BCUT2D eigenvalue weighted by molar-refractivity contribution is -0.119. The zero-order valence-corrected chi connectivity index (χ0v) is 20.5. The highest BCUT2D eigenvalue weighted by Crippen LogP contribution is 2.26. The van der Waals surface area contributed by atoms with Crippen LogP contribution in [-0.4, -0.2) is 38.4 Å². The lowest BCUT2D eigenvalue weighted by Gasteiger charge is -2.29. The van der Waals surface area contributed by atoms with Gasteiger partial charge in [0.25, 0.3) is 5.91 Å². The zero-order valence-electron chi connectivity index (χ0n) is 19.7. The van der Waals surface area contributed by atoms with Crippen molar-refractivity contribution >= 4 is 23.6 Å². The molecule has 174 valence electrons. The minimum Gasteiger partial charge on any atom is -0.352 e. The van der Waals surface area contributed by atoms with Crippen LogP contribution in [0.2, 0.25) is 0 Å². The molecule has 1 aromatic carbocycles. The topological polar surface area (TPSA) is 88.9 Å². The first-order chi connectivity index (χ1) is 15.3. The summed E-state index contributed by atoms with van der Waals surface area (Å²) in [4.78, 5) is 25.2. The minimum absolute atomic E-state index is 0.0337. The van der Waals surface area contributed by atoms with Crippen molar-refractivity contribution in [3.8, 4) is 0 Å². The molecule has 1 aliphatic carbocycles. The van der Waals surface area contributed by atoms with Crippen molar-refractivity contribution in [1.82, 2.24) is 25.4 Å². The summed E-state index contributed by atoms with van der Waals surface area (Å²) in [6.07, 6.45) is 4.67. The van der Waals surface area contributed by atoms with E-state index in [1.54, 1.807) is 0 Å². The summed E-state index contributed by atoms with van der Waals surface area (Å²) in [7, 11) is 1.88. The normalized spacial score (nSPS) is 19.6. The van der Waals surface area contributed by atoms with E-state index in [2.05, 4.69) is 27.8 Å². The van der Waals surface area contributed by atoms with Gasteiger partial charge in [-0.05, 0) is 43.7 Å². The Balaban J connectivity index is 1.62. The molecule has 0 bridgehead atoms. The Kier molecular flexibility index (Phi) is 8.34. The zero-order chi connectivity index (χ0) is 23.3. The first-order valence-corrected chi connectivity index (χ1v) is 12.4. The third kappa shape index (κ3) is 6.12. The summed E-state index contributed by atoms with van der Waals surface area (Å²) in [5.74, 6) is 1.54. The van der Waals surface area contributed by atoms with Gasteiger partial charge in [0.2, 0.25) is 5.91 Å². The second kappa shape index (κ2) is 11.0. The lowest BCUT2D eigenvalue weighted by Crippen LogP contribution is -2.41. The van der Waals surface area contributed by atoms with E-state index in [9.17, 15) is 9.59 Å². The number of benzene rings is 1. The average Bonchev–Trinajstić information content (AvgIpc) is 3.12. The molecular weight excluding hydrogens is 422 g/mol. The Morgan fingerprint density at radius 3 is 2.50 bits per heavy atom. The molecule has 7 nitrogen and oxygen atoms in total. The molecule has 0 spiro atoms.